The van der Waals surface area contributed by atoms with Gasteiger partial charge in [0.1, 0.15) is 0 Å². The van der Waals surface area contributed by atoms with Crippen LogP contribution in [0, 0.1) is 0 Å². The molecule has 0 saturated carbocycles. The summed E-state index contributed by atoms with van der Waals surface area (Å²) in [5.41, 5.74) is 2.28. The molecule has 1 N–H and O–H groups in total. The van der Waals surface area contributed by atoms with Gasteiger partial charge in [0.25, 0.3) is 0 Å². The van der Waals surface area contributed by atoms with Crippen molar-refractivity contribution in [1.29, 1.82) is 0 Å². The summed E-state index contributed by atoms with van der Waals surface area (Å²) in [5.74, 6) is 1.40. The van der Waals surface area contributed by atoms with Gasteiger partial charge in [-0.15, -0.1) is 12.4 Å². The summed E-state index contributed by atoms with van der Waals surface area (Å²) in [6.07, 6.45) is 12.4. The van der Waals surface area contributed by atoms with Gasteiger partial charge < -0.3 is 14.4 Å². The Labute approximate surface area is 173 Å². The average Bonchev–Trinajstić information content (AvgIpc) is 3.44. The Balaban J connectivity index is 0.00000225. The Morgan fingerprint density at radius 1 is 1.14 bits per heavy atom. The fourth-order valence-corrected chi connectivity index (χ4v) is 3.97. The highest BCUT2D eigenvalue weighted by Crippen LogP contribution is 2.27. The molecule has 4 rings (SSSR count). The van der Waals surface area contributed by atoms with E-state index in [1.54, 1.807) is 0 Å². The average molecular weight is 403 g/mol. The zero-order chi connectivity index (χ0) is 18.5. The number of rotatable bonds is 9. The standard InChI is InChI=1S/C22H30N4O.ClH/c1-2-3-4-5-6-7-14-26-15-12-17-10-11-18(16-20(17)26)21-24-22(27-25-21)19-9-8-13-23-19;/h10-12,15-16,19,23H,2-9,13-14H2,1H3;1H/t19-;/m0./s1. The van der Waals surface area contributed by atoms with Crippen LogP contribution in [0.4, 0.5) is 0 Å². The Kier molecular flexibility index (Phi) is 7.51. The van der Waals surface area contributed by atoms with Crippen molar-refractivity contribution in [3.8, 4) is 11.4 Å². The largest absolute Gasteiger partial charge is 0.347 e. The number of hydrogen-bond acceptors (Lipinski definition) is 4. The molecule has 3 heterocycles. The molecule has 1 aromatic carbocycles. The molecule has 1 aliphatic heterocycles. The van der Waals surface area contributed by atoms with Crippen LogP contribution in [0.2, 0.25) is 0 Å². The molecule has 0 unspecified atom stereocenters. The highest BCUT2D eigenvalue weighted by atomic mass is 35.5. The molecule has 6 heteroatoms. The first kappa shape index (κ1) is 20.9. The minimum atomic E-state index is 0. The fraction of sp³-hybridized carbons (Fsp3) is 0.545. The predicted molar refractivity (Wildman–Crippen MR) is 116 cm³/mol. The maximum Gasteiger partial charge on any atom is 0.244 e. The van der Waals surface area contributed by atoms with Crippen molar-refractivity contribution in [2.75, 3.05) is 6.54 Å². The first-order valence-electron chi connectivity index (χ1n) is 10.5. The molecule has 0 bridgehead atoms. The predicted octanol–water partition coefficient (Wildman–Crippen LogP) is 5.90. The molecule has 0 aliphatic carbocycles. The summed E-state index contributed by atoms with van der Waals surface area (Å²) < 4.78 is 7.87. The van der Waals surface area contributed by atoms with Crippen LogP contribution in [-0.2, 0) is 6.54 Å². The zero-order valence-corrected chi connectivity index (χ0v) is 17.5. The van der Waals surface area contributed by atoms with Gasteiger partial charge in [-0.25, -0.2) is 0 Å². The van der Waals surface area contributed by atoms with Crippen LogP contribution in [0.3, 0.4) is 0 Å². The van der Waals surface area contributed by atoms with E-state index in [0.29, 0.717) is 11.7 Å². The fourth-order valence-electron chi connectivity index (χ4n) is 3.97. The maximum atomic E-state index is 5.51. The van der Waals surface area contributed by atoms with Crippen molar-refractivity contribution in [2.45, 2.75) is 70.9 Å². The molecule has 0 amide bonds. The number of nitrogens with one attached hydrogen (secondary N) is 1. The molecule has 0 radical (unpaired) electrons. The first-order valence-corrected chi connectivity index (χ1v) is 10.5. The van der Waals surface area contributed by atoms with E-state index in [-0.39, 0.29) is 18.4 Å². The van der Waals surface area contributed by atoms with E-state index in [1.165, 1.54) is 55.8 Å². The first-order chi connectivity index (χ1) is 13.3. The van der Waals surface area contributed by atoms with Gasteiger partial charge in [-0.1, -0.05) is 56.3 Å². The molecular formula is C22H31ClN4O. The number of unbranched alkanes of at least 4 members (excludes halogenated alkanes) is 5. The van der Waals surface area contributed by atoms with Gasteiger partial charge in [0, 0.05) is 23.8 Å². The lowest BCUT2D eigenvalue weighted by Gasteiger charge is -2.06. The van der Waals surface area contributed by atoms with Crippen molar-refractivity contribution in [2.24, 2.45) is 0 Å². The van der Waals surface area contributed by atoms with E-state index in [0.717, 1.165) is 25.1 Å². The molecule has 2 aromatic heterocycles. The molecular weight excluding hydrogens is 372 g/mol. The van der Waals surface area contributed by atoms with Crippen LogP contribution in [0.1, 0.15) is 70.2 Å². The SMILES string of the molecule is CCCCCCCCn1ccc2ccc(-c3noc([C@@H]4CCCN4)n3)cc21.Cl. The molecule has 3 aromatic rings. The summed E-state index contributed by atoms with van der Waals surface area (Å²) in [5, 5.41) is 8.90. The quantitative estimate of drug-likeness (QED) is 0.453. The third-order valence-electron chi connectivity index (χ3n) is 5.58. The lowest BCUT2D eigenvalue weighted by atomic mass is 10.1. The molecule has 152 valence electrons. The normalized spacial score (nSPS) is 16.5. The smallest absolute Gasteiger partial charge is 0.244 e. The number of aryl methyl sites for hydroxylation is 1. The summed E-state index contributed by atoms with van der Waals surface area (Å²) in [6, 6.07) is 8.86. The Morgan fingerprint density at radius 3 is 2.82 bits per heavy atom. The van der Waals surface area contributed by atoms with Crippen LogP contribution in [0.25, 0.3) is 22.3 Å². The lowest BCUT2D eigenvalue weighted by molar-refractivity contribution is 0.345. The highest BCUT2D eigenvalue weighted by molar-refractivity contribution is 5.85. The number of halogens is 1. The molecule has 1 atom stereocenters. The van der Waals surface area contributed by atoms with E-state index in [4.69, 9.17) is 4.52 Å². The minimum absolute atomic E-state index is 0. The van der Waals surface area contributed by atoms with Gasteiger partial charge in [0.05, 0.1) is 6.04 Å². The van der Waals surface area contributed by atoms with Crippen LogP contribution >= 0.6 is 12.4 Å². The number of hydrogen-bond donors (Lipinski definition) is 1. The Bertz CT molecular complexity index is 866. The summed E-state index contributed by atoms with van der Waals surface area (Å²) in [7, 11) is 0. The monoisotopic (exact) mass is 402 g/mol. The molecule has 5 nitrogen and oxygen atoms in total. The third kappa shape index (κ3) is 4.76. The van der Waals surface area contributed by atoms with Gasteiger partial charge in [-0.2, -0.15) is 4.98 Å². The number of fused-ring (bicyclic) bond motifs is 1. The van der Waals surface area contributed by atoms with Crippen molar-refractivity contribution in [1.82, 2.24) is 20.0 Å². The van der Waals surface area contributed by atoms with Crippen molar-refractivity contribution in [3.05, 3.63) is 36.4 Å². The molecule has 1 saturated heterocycles. The molecule has 1 aliphatic rings. The van der Waals surface area contributed by atoms with Crippen LogP contribution < -0.4 is 5.32 Å². The molecule has 28 heavy (non-hydrogen) atoms. The zero-order valence-electron chi connectivity index (χ0n) is 16.7. The molecule has 1 fully saturated rings. The van der Waals surface area contributed by atoms with E-state index in [2.05, 4.69) is 57.4 Å². The van der Waals surface area contributed by atoms with E-state index in [9.17, 15) is 0 Å². The number of benzene rings is 1. The second-order valence-electron chi connectivity index (χ2n) is 7.66. The van der Waals surface area contributed by atoms with Crippen LogP contribution in [-0.4, -0.2) is 21.3 Å². The van der Waals surface area contributed by atoms with E-state index in [1.807, 2.05) is 0 Å². The van der Waals surface area contributed by atoms with Crippen LogP contribution in [0.5, 0.6) is 0 Å². The maximum absolute atomic E-state index is 5.51. The molecule has 0 spiro atoms. The summed E-state index contributed by atoms with van der Waals surface area (Å²) in [6.45, 7) is 4.36. The third-order valence-corrected chi connectivity index (χ3v) is 5.58. The van der Waals surface area contributed by atoms with Gasteiger partial charge >= 0.3 is 0 Å². The van der Waals surface area contributed by atoms with Crippen LogP contribution in [0.15, 0.2) is 35.0 Å². The van der Waals surface area contributed by atoms with Crippen molar-refractivity contribution < 1.29 is 4.52 Å². The summed E-state index contributed by atoms with van der Waals surface area (Å²) >= 11 is 0. The van der Waals surface area contributed by atoms with Gasteiger partial charge in [0.15, 0.2) is 0 Å². The Hall–Kier alpha value is -1.85. The minimum Gasteiger partial charge on any atom is -0.347 e. The van der Waals surface area contributed by atoms with Crippen molar-refractivity contribution in [3.63, 3.8) is 0 Å². The van der Waals surface area contributed by atoms with Gasteiger partial charge in [-0.05, 0) is 43.3 Å². The lowest BCUT2D eigenvalue weighted by Crippen LogP contribution is -2.12. The highest BCUT2D eigenvalue weighted by Gasteiger charge is 2.22. The second-order valence-corrected chi connectivity index (χ2v) is 7.66. The van der Waals surface area contributed by atoms with Gasteiger partial charge in [0.2, 0.25) is 11.7 Å². The number of nitrogens with zero attached hydrogens (tertiary/aromatic N) is 3. The second kappa shape index (κ2) is 10.1. The summed E-state index contributed by atoms with van der Waals surface area (Å²) in [4.78, 5) is 4.64. The van der Waals surface area contributed by atoms with E-state index >= 15 is 0 Å². The number of aromatic nitrogens is 3. The van der Waals surface area contributed by atoms with Gasteiger partial charge in [-0.3, -0.25) is 0 Å². The Morgan fingerprint density at radius 2 is 2.00 bits per heavy atom. The van der Waals surface area contributed by atoms with Crippen molar-refractivity contribution >= 4 is 23.3 Å². The van der Waals surface area contributed by atoms with E-state index < -0.39 is 0 Å². The topological polar surface area (TPSA) is 55.9 Å².